The number of unbranched alkanes of at least 4 members (excludes halogenated alkanes) is 1. The number of nitrogens with one attached hydrogen (secondary N) is 6. The first kappa shape index (κ1) is 29.2. The van der Waals surface area contributed by atoms with Gasteiger partial charge < -0.3 is 31.2 Å². The van der Waals surface area contributed by atoms with Gasteiger partial charge in [-0.3, -0.25) is 9.59 Å². The summed E-state index contributed by atoms with van der Waals surface area (Å²) in [4.78, 5) is 44.9. The lowest BCUT2D eigenvalue weighted by Gasteiger charge is -2.19. The fourth-order valence-electron chi connectivity index (χ4n) is 6.37. The molecule has 0 radical (unpaired) electrons. The number of hydrogen-bond acceptors (Lipinski definition) is 4. The molecule has 10 heteroatoms. The van der Waals surface area contributed by atoms with E-state index in [2.05, 4.69) is 75.4 Å². The summed E-state index contributed by atoms with van der Waals surface area (Å²) < 4.78 is 0. The third-order valence-corrected chi connectivity index (χ3v) is 10.2. The molecule has 226 valence electrons. The summed E-state index contributed by atoms with van der Waals surface area (Å²) in [6.45, 7) is 4.61. The van der Waals surface area contributed by atoms with E-state index in [1.165, 1.54) is 10.9 Å². The van der Waals surface area contributed by atoms with E-state index >= 15 is 0 Å². The Morgan fingerprint density at radius 3 is 2.40 bits per heavy atom. The summed E-state index contributed by atoms with van der Waals surface area (Å²) >= 11 is 1.89. The van der Waals surface area contributed by atoms with Gasteiger partial charge in [-0.15, -0.1) is 0 Å². The normalized spacial score (nSPS) is 20.1. The SMILES string of the molecule is Cc1ccc2[nH]cc(CCNC(=O)[C@H](Cc3c[nH]c4ccc(C)cc34)NC(=O)CCCC[C@@H]3SC[C@@H]4NC(=O)N[C@@H]43)c2c1. The van der Waals surface area contributed by atoms with Crippen molar-refractivity contribution < 1.29 is 14.4 Å². The fraction of sp³-hybridized carbons (Fsp3) is 0.424. The Balaban J connectivity index is 1.06. The standard InChI is InChI=1S/C33H40N6O3S/c1-19-7-9-25-23(13-19)21(16-35-25)11-12-34-32(41)27(15-22-17-36-26-10-8-20(2)14-24(22)26)37-30(40)6-4-3-5-29-31-28(18-43-29)38-33(42)39-31/h7-10,13-14,16-17,27-29,31,35-36H,3-6,11-12,15,18H2,1-2H3,(H,34,41)(H,37,40)(H2,38,39,42)/t27-,28-,29-,31-/m0/s1. The first-order chi connectivity index (χ1) is 20.8. The van der Waals surface area contributed by atoms with E-state index in [9.17, 15) is 14.4 Å². The summed E-state index contributed by atoms with van der Waals surface area (Å²) in [5, 5.41) is 14.7. The molecule has 6 N–H and O–H groups in total. The van der Waals surface area contributed by atoms with Crippen molar-refractivity contribution >= 4 is 51.4 Å². The van der Waals surface area contributed by atoms with Crippen LogP contribution in [0.4, 0.5) is 4.79 Å². The van der Waals surface area contributed by atoms with Crippen LogP contribution in [0.25, 0.3) is 21.8 Å². The third-order valence-electron chi connectivity index (χ3n) is 8.70. The van der Waals surface area contributed by atoms with Crippen LogP contribution in [0.2, 0.25) is 0 Å². The molecule has 4 amide bonds. The Morgan fingerprint density at radius 1 is 0.953 bits per heavy atom. The zero-order chi connectivity index (χ0) is 29.9. The minimum Gasteiger partial charge on any atom is -0.361 e. The van der Waals surface area contributed by atoms with Crippen LogP contribution in [-0.2, 0) is 22.4 Å². The van der Waals surface area contributed by atoms with Crippen LogP contribution >= 0.6 is 11.8 Å². The van der Waals surface area contributed by atoms with Crippen molar-refractivity contribution in [1.82, 2.24) is 31.2 Å². The number of aromatic amines is 2. The molecule has 4 atom stereocenters. The molecule has 43 heavy (non-hydrogen) atoms. The van der Waals surface area contributed by atoms with E-state index in [4.69, 9.17) is 0 Å². The Labute approximate surface area is 255 Å². The highest BCUT2D eigenvalue weighted by Gasteiger charge is 2.42. The van der Waals surface area contributed by atoms with Crippen molar-refractivity contribution in [1.29, 1.82) is 0 Å². The molecule has 2 saturated heterocycles. The number of H-pyrrole nitrogens is 2. The highest BCUT2D eigenvalue weighted by atomic mass is 32.2. The topological polar surface area (TPSA) is 131 Å². The summed E-state index contributed by atoms with van der Waals surface area (Å²) in [5.74, 6) is 0.638. The molecule has 6 rings (SSSR count). The lowest BCUT2D eigenvalue weighted by atomic mass is 10.0. The fourth-order valence-corrected chi connectivity index (χ4v) is 7.92. The summed E-state index contributed by atoms with van der Waals surface area (Å²) in [6, 6.07) is 12.2. The van der Waals surface area contributed by atoms with E-state index in [1.807, 2.05) is 30.2 Å². The van der Waals surface area contributed by atoms with Crippen LogP contribution in [-0.4, -0.2) is 63.5 Å². The molecule has 9 nitrogen and oxygen atoms in total. The smallest absolute Gasteiger partial charge is 0.315 e. The number of benzene rings is 2. The molecule has 2 aliphatic rings. The quantitative estimate of drug-likeness (QED) is 0.106. The Bertz CT molecular complexity index is 1640. The van der Waals surface area contributed by atoms with Crippen LogP contribution in [0.15, 0.2) is 48.8 Å². The lowest BCUT2D eigenvalue weighted by Crippen LogP contribution is -2.48. The Hall–Kier alpha value is -3.92. The van der Waals surface area contributed by atoms with E-state index in [-0.39, 0.29) is 29.9 Å². The van der Waals surface area contributed by atoms with Gasteiger partial charge in [-0.25, -0.2) is 4.79 Å². The van der Waals surface area contributed by atoms with Crippen LogP contribution in [0, 0.1) is 13.8 Å². The van der Waals surface area contributed by atoms with E-state index < -0.39 is 6.04 Å². The number of carbonyl (C=O) groups excluding carboxylic acids is 3. The van der Waals surface area contributed by atoms with Gasteiger partial charge in [-0.05, 0) is 68.5 Å². The molecule has 0 unspecified atom stereocenters. The van der Waals surface area contributed by atoms with Crippen molar-refractivity contribution in [3.8, 4) is 0 Å². The van der Waals surface area contributed by atoms with Gasteiger partial charge in [0.05, 0.1) is 12.1 Å². The maximum Gasteiger partial charge on any atom is 0.315 e. The van der Waals surface area contributed by atoms with Crippen molar-refractivity contribution in [2.45, 2.75) is 75.7 Å². The molecule has 4 heterocycles. The number of urea groups is 1. The lowest BCUT2D eigenvalue weighted by molar-refractivity contribution is -0.129. The zero-order valence-corrected chi connectivity index (χ0v) is 25.5. The molecule has 0 aliphatic carbocycles. The largest absolute Gasteiger partial charge is 0.361 e. The summed E-state index contributed by atoms with van der Waals surface area (Å²) in [7, 11) is 0. The maximum absolute atomic E-state index is 13.5. The number of amides is 4. The van der Waals surface area contributed by atoms with Crippen LogP contribution < -0.4 is 21.3 Å². The van der Waals surface area contributed by atoms with Crippen molar-refractivity contribution in [2.24, 2.45) is 0 Å². The van der Waals surface area contributed by atoms with E-state index in [1.54, 1.807) is 0 Å². The van der Waals surface area contributed by atoms with Gasteiger partial charge in [0, 0.05) is 64.6 Å². The second-order valence-electron chi connectivity index (χ2n) is 12.0. The number of thioether (sulfide) groups is 1. The second kappa shape index (κ2) is 12.8. The predicted octanol–water partition coefficient (Wildman–Crippen LogP) is 4.38. The number of rotatable bonds is 12. The number of aromatic nitrogens is 2. The van der Waals surface area contributed by atoms with Gasteiger partial charge in [0.25, 0.3) is 0 Å². The first-order valence-corrected chi connectivity index (χ1v) is 16.3. The molecule has 0 spiro atoms. The molecular formula is C33H40N6O3S. The number of fused-ring (bicyclic) bond motifs is 3. The van der Waals surface area contributed by atoms with E-state index in [0.717, 1.165) is 58.1 Å². The summed E-state index contributed by atoms with van der Waals surface area (Å²) in [6.07, 6.45) is 7.99. The second-order valence-corrected chi connectivity index (χ2v) is 13.2. The molecular weight excluding hydrogens is 560 g/mol. The highest BCUT2D eigenvalue weighted by Crippen LogP contribution is 2.33. The minimum absolute atomic E-state index is 0.0779. The first-order valence-electron chi connectivity index (χ1n) is 15.2. The molecule has 0 bridgehead atoms. The minimum atomic E-state index is -0.678. The van der Waals surface area contributed by atoms with Crippen LogP contribution in [0.5, 0.6) is 0 Å². The Kier molecular flexibility index (Phi) is 8.65. The molecule has 0 saturated carbocycles. The molecule has 2 aromatic heterocycles. The average molecular weight is 601 g/mol. The third kappa shape index (κ3) is 6.69. The average Bonchev–Trinajstić information content (AvgIpc) is 3.75. The van der Waals surface area contributed by atoms with Crippen LogP contribution in [0.3, 0.4) is 0 Å². The number of carbonyl (C=O) groups is 3. The van der Waals surface area contributed by atoms with Crippen LogP contribution in [0.1, 0.15) is 47.9 Å². The molecule has 2 aromatic carbocycles. The van der Waals surface area contributed by atoms with Gasteiger partial charge in [0.15, 0.2) is 0 Å². The maximum atomic E-state index is 13.5. The summed E-state index contributed by atoms with van der Waals surface area (Å²) in [5.41, 5.74) is 6.61. The number of aryl methyl sites for hydroxylation is 2. The predicted molar refractivity (Wildman–Crippen MR) is 172 cm³/mol. The van der Waals surface area contributed by atoms with Gasteiger partial charge in [0.2, 0.25) is 11.8 Å². The van der Waals surface area contributed by atoms with Gasteiger partial charge in [-0.2, -0.15) is 11.8 Å². The van der Waals surface area contributed by atoms with Gasteiger partial charge >= 0.3 is 6.03 Å². The number of hydrogen-bond donors (Lipinski definition) is 6. The van der Waals surface area contributed by atoms with Crippen molar-refractivity contribution in [2.75, 3.05) is 12.3 Å². The molecule has 4 aromatic rings. The molecule has 2 fully saturated rings. The van der Waals surface area contributed by atoms with Crippen molar-refractivity contribution in [3.05, 3.63) is 71.0 Å². The highest BCUT2D eigenvalue weighted by molar-refractivity contribution is 8.00. The van der Waals surface area contributed by atoms with Crippen molar-refractivity contribution in [3.63, 3.8) is 0 Å². The molecule has 2 aliphatic heterocycles. The van der Waals surface area contributed by atoms with E-state index in [0.29, 0.717) is 31.1 Å². The Morgan fingerprint density at radius 2 is 1.65 bits per heavy atom. The monoisotopic (exact) mass is 600 g/mol. The van der Waals surface area contributed by atoms with Gasteiger partial charge in [-0.1, -0.05) is 29.7 Å². The van der Waals surface area contributed by atoms with Gasteiger partial charge in [0.1, 0.15) is 6.04 Å². The zero-order valence-electron chi connectivity index (χ0n) is 24.7.